The molecule has 0 atom stereocenters. The van der Waals surface area contributed by atoms with Gasteiger partial charge in [-0.05, 0) is 50.8 Å². The first-order valence-corrected chi connectivity index (χ1v) is 9.52. The molecule has 0 unspecified atom stereocenters. The summed E-state index contributed by atoms with van der Waals surface area (Å²) in [5, 5.41) is 6.73. The maximum Gasteiger partial charge on any atom is 0.225 e. The van der Waals surface area contributed by atoms with E-state index in [9.17, 15) is 0 Å². The second kappa shape index (κ2) is 8.92. The number of pyridine rings is 1. The number of aromatic nitrogens is 3. The molecule has 0 fully saturated rings. The van der Waals surface area contributed by atoms with Gasteiger partial charge in [0.15, 0.2) is 0 Å². The summed E-state index contributed by atoms with van der Waals surface area (Å²) in [4.78, 5) is 15.5. The van der Waals surface area contributed by atoms with Crippen LogP contribution in [0.2, 0.25) is 0 Å². The van der Waals surface area contributed by atoms with Gasteiger partial charge >= 0.3 is 0 Å². The predicted octanol–water partition coefficient (Wildman–Crippen LogP) is 4.33. The molecule has 27 heavy (non-hydrogen) atoms. The maximum absolute atomic E-state index is 4.66. The third kappa shape index (κ3) is 5.24. The Morgan fingerprint density at radius 3 is 2.59 bits per heavy atom. The number of nitrogens with zero attached hydrogens (tertiary/aromatic N) is 4. The van der Waals surface area contributed by atoms with Gasteiger partial charge in [0.25, 0.3) is 0 Å². The number of hydrogen-bond donors (Lipinski definition) is 2. The molecule has 0 saturated carbocycles. The maximum atomic E-state index is 4.66. The Bertz CT molecular complexity index is 898. The molecule has 0 aliphatic heterocycles. The van der Waals surface area contributed by atoms with E-state index in [2.05, 4.69) is 53.3 Å². The fraction of sp³-hybridized carbons (Fsp3) is 0.250. The first-order valence-electron chi connectivity index (χ1n) is 8.73. The first kappa shape index (κ1) is 19.3. The summed E-state index contributed by atoms with van der Waals surface area (Å²) in [6.45, 7) is 3.73. The zero-order valence-corrected chi connectivity index (χ0v) is 17.3. The van der Waals surface area contributed by atoms with Crippen molar-refractivity contribution in [3.05, 3.63) is 58.8 Å². The quantitative estimate of drug-likeness (QED) is 0.585. The van der Waals surface area contributed by atoms with Crippen LogP contribution in [0.4, 0.5) is 17.5 Å². The SMILES string of the molecule is Cc1c(Br)cccc1Nc1cc(-c2ccncc2)nc(NCCN(C)C)n1. The highest BCUT2D eigenvalue weighted by molar-refractivity contribution is 9.10. The van der Waals surface area contributed by atoms with Crippen LogP contribution in [-0.2, 0) is 0 Å². The standard InChI is InChI=1S/C20H23BrN6/c1-14-16(21)5-4-6-17(14)24-19-13-18(15-7-9-22-10-8-15)25-20(26-19)23-11-12-27(2)3/h4-10,13H,11-12H2,1-3H3,(H2,23,24,25,26). The normalized spacial score (nSPS) is 10.9. The molecular weight excluding hydrogens is 404 g/mol. The van der Waals surface area contributed by atoms with E-state index in [-0.39, 0.29) is 0 Å². The Kier molecular flexibility index (Phi) is 6.36. The number of nitrogens with one attached hydrogen (secondary N) is 2. The van der Waals surface area contributed by atoms with Gasteiger partial charge in [-0.3, -0.25) is 4.98 Å². The van der Waals surface area contributed by atoms with Gasteiger partial charge in [-0.2, -0.15) is 4.98 Å². The van der Waals surface area contributed by atoms with E-state index in [0.717, 1.165) is 45.9 Å². The van der Waals surface area contributed by atoms with E-state index >= 15 is 0 Å². The molecule has 6 nitrogen and oxygen atoms in total. The molecule has 0 spiro atoms. The lowest BCUT2D eigenvalue weighted by molar-refractivity contribution is 0.425. The molecule has 3 rings (SSSR count). The molecule has 0 aliphatic rings. The van der Waals surface area contributed by atoms with E-state index < -0.39 is 0 Å². The lowest BCUT2D eigenvalue weighted by Gasteiger charge is -2.14. The molecule has 3 aromatic rings. The van der Waals surface area contributed by atoms with Crippen LogP contribution in [0.25, 0.3) is 11.3 Å². The van der Waals surface area contributed by atoms with Gasteiger partial charge in [-0.1, -0.05) is 22.0 Å². The van der Waals surface area contributed by atoms with Crippen molar-refractivity contribution in [3.8, 4) is 11.3 Å². The van der Waals surface area contributed by atoms with Crippen LogP contribution in [-0.4, -0.2) is 47.0 Å². The smallest absolute Gasteiger partial charge is 0.225 e. The zero-order valence-electron chi connectivity index (χ0n) is 15.7. The number of likely N-dealkylation sites (N-methyl/N-ethyl adjacent to an activating group) is 1. The topological polar surface area (TPSA) is 66.0 Å². The highest BCUT2D eigenvalue weighted by Crippen LogP contribution is 2.28. The fourth-order valence-corrected chi connectivity index (χ4v) is 2.90. The van der Waals surface area contributed by atoms with E-state index in [1.807, 2.05) is 50.5 Å². The van der Waals surface area contributed by atoms with Gasteiger partial charge in [0.1, 0.15) is 5.82 Å². The zero-order chi connectivity index (χ0) is 19.2. The minimum atomic E-state index is 0.598. The van der Waals surface area contributed by atoms with Gasteiger partial charge in [0.05, 0.1) is 5.69 Å². The van der Waals surface area contributed by atoms with Gasteiger partial charge < -0.3 is 15.5 Å². The van der Waals surface area contributed by atoms with Crippen LogP contribution in [0, 0.1) is 6.92 Å². The molecule has 2 heterocycles. The van der Waals surface area contributed by atoms with Crippen molar-refractivity contribution in [2.75, 3.05) is 37.8 Å². The number of anilines is 3. The van der Waals surface area contributed by atoms with Gasteiger partial charge in [-0.25, -0.2) is 4.98 Å². The molecule has 7 heteroatoms. The number of benzene rings is 1. The lowest BCUT2D eigenvalue weighted by Crippen LogP contribution is -2.21. The Balaban J connectivity index is 1.92. The Labute approximate surface area is 168 Å². The third-order valence-corrected chi connectivity index (χ3v) is 4.93. The molecule has 0 saturated heterocycles. The van der Waals surface area contributed by atoms with Crippen molar-refractivity contribution in [2.24, 2.45) is 0 Å². The largest absolute Gasteiger partial charge is 0.353 e. The fourth-order valence-electron chi connectivity index (χ4n) is 2.53. The van der Waals surface area contributed by atoms with Crippen molar-refractivity contribution in [1.82, 2.24) is 19.9 Å². The summed E-state index contributed by atoms with van der Waals surface area (Å²) < 4.78 is 1.06. The van der Waals surface area contributed by atoms with Crippen molar-refractivity contribution in [3.63, 3.8) is 0 Å². The highest BCUT2D eigenvalue weighted by Gasteiger charge is 2.09. The summed E-state index contributed by atoms with van der Waals surface area (Å²) in [7, 11) is 4.08. The molecule has 0 bridgehead atoms. The number of rotatable bonds is 7. The first-order chi connectivity index (χ1) is 13.0. The Hall–Kier alpha value is -2.51. The Morgan fingerprint density at radius 1 is 1.07 bits per heavy atom. The lowest BCUT2D eigenvalue weighted by atomic mass is 10.2. The number of hydrogen-bond acceptors (Lipinski definition) is 6. The molecule has 0 radical (unpaired) electrons. The van der Waals surface area contributed by atoms with Gasteiger partial charge in [0.2, 0.25) is 5.95 Å². The number of halogens is 1. The minimum Gasteiger partial charge on any atom is -0.353 e. The summed E-state index contributed by atoms with van der Waals surface area (Å²) in [5.41, 5.74) is 3.97. The average molecular weight is 427 g/mol. The van der Waals surface area contributed by atoms with E-state index in [1.165, 1.54) is 0 Å². The summed E-state index contributed by atoms with van der Waals surface area (Å²) >= 11 is 3.58. The highest BCUT2D eigenvalue weighted by atomic mass is 79.9. The van der Waals surface area contributed by atoms with Crippen LogP contribution in [0.3, 0.4) is 0 Å². The summed E-state index contributed by atoms with van der Waals surface area (Å²) in [5.74, 6) is 1.34. The second-order valence-corrected chi connectivity index (χ2v) is 7.32. The summed E-state index contributed by atoms with van der Waals surface area (Å²) in [6, 6.07) is 11.9. The average Bonchev–Trinajstić information content (AvgIpc) is 2.66. The second-order valence-electron chi connectivity index (χ2n) is 6.47. The molecule has 0 amide bonds. The summed E-state index contributed by atoms with van der Waals surface area (Å²) in [6.07, 6.45) is 3.53. The van der Waals surface area contributed by atoms with E-state index in [4.69, 9.17) is 0 Å². The van der Waals surface area contributed by atoms with Crippen molar-refractivity contribution >= 4 is 33.4 Å². The van der Waals surface area contributed by atoms with Crippen LogP contribution in [0.15, 0.2) is 53.3 Å². The molecule has 2 N–H and O–H groups in total. The van der Waals surface area contributed by atoms with Crippen LogP contribution < -0.4 is 10.6 Å². The van der Waals surface area contributed by atoms with Crippen molar-refractivity contribution in [1.29, 1.82) is 0 Å². The molecule has 1 aromatic carbocycles. The molecule has 2 aromatic heterocycles. The predicted molar refractivity (Wildman–Crippen MR) is 114 cm³/mol. The van der Waals surface area contributed by atoms with E-state index in [1.54, 1.807) is 12.4 Å². The molecular formula is C20H23BrN6. The van der Waals surface area contributed by atoms with Gasteiger partial charge in [0, 0.05) is 47.3 Å². The van der Waals surface area contributed by atoms with Gasteiger partial charge in [-0.15, -0.1) is 0 Å². The van der Waals surface area contributed by atoms with E-state index in [0.29, 0.717) is 5.95 Å². The molecule has 0 aliphatic carbocycles. The third-order valence-electron chi connectivity index (χ3n) is 4.07. The van der Waals surface area contributed by atoms with Crippen LogP contribution >= 0.6 is 15.9 Å². The molecule has 140 valence electrons. The Morgan fingerprint density at radius 2 is 1.85 bits per heavy atom. The van der Waals surface area contributed by atoms with Crippen molar-refractivity contribution in [2.45, 2.75) is 6.92 Å². The minimum absolute atomic E-state index is 0.598. The van der Waals surface area contributed by atoms with Crippen LogP contribution in [0.1, 0.15) is 5.56 Å². The monoisotopic (exact) mass is 426 g/mol. The van der Waals surface area contributed by atoms with Crippen molar-refractivity contribution < 1.29 is 0 Å². The van der Waals surface area contributed by atoms with Crippen LogP contribution in [0.5, 0.6) is 0 Å².